The number of nitrogens with one attached hydrogen (secondary N) is 2. The largest absolute Gasteiger partial charge is 0.468 e. The van der Waals surface area contributed by atoms with Crippen molar-refractivity contribution in [1.82, 2.24) is 10.6 Å². The Morgan fingerprint density at radius 2 is 2.46 bits per heavy atom. The first-order valence-corrected chi connectivity index (χ1v) is 4.07. The molecule has 0 aromatic heterocycles. The molecule has 0 aromatic carbocycles. The minimum absolute atomic E-state index is 0.297. The Balaban J connectivity index is 2.54. The molecule has 0 radical (unpaired) electrons. The number of carbonyl (C=O) groups is 1. The maximum absolute atomic E-state index is 11.1. The van der Waals surface area contributed by atoms with Crippen LogP contribution in [0.5, 0.6) is 0 Å². The van der Waals surface area contributed by atoms with Crippen LogP contribution in [0, 0.1) is 0 Å². The van der Waals surface area contributed by atoms with Crippen molar-refractivity contribution in [3.05, 3.63) is 5.70 Å². The molecule has 1 aliphatic heterocycles. The van der Waals surface area contributed by atoms with Crippen LogP contribution >= 0.6 is 0 Å². The number of rotatable bonds is 1. The first-order chi connectivity index (χ1) is 6.27. The Morgan fingerprint density at radius 3 is 3.08 bits per heavy atom. The highest BCUT2D eigenvalue weighted by Crippen LogP contribution is 1.99. The molecule has 1 unspecified atom stereocenters. The lowest BCUT2D eigenvalue weighted by atomic mass is 10.2. The lowest BCUT2D eigenvalue weighted by Crippen LogP contribution is -2.37. The minimum atomic E-state index is -0.330. The zero-order chi connectivity index (χ0) is 9.68. The molecule has 1 saturated heterocycles. The summed E-state index contributed by atoms with van der Waals surface area (Å²) in [6, 6.07) is -0.330. The van der Waals surface area contributed by atoms with E-state index < -0.39 is 0 Å². The molecule has 0 bridgehead atoms. The summed E-state index contributed by atoms with van der Waals surface area (Å²) in [6.45, 7) is 0.917. The minimum Gasteiger partial charge on any atom is -0.468 e. The van der Waals surface area contributed by atoms with Crippen molar-refractivity contribution in [3.8, 4) is 0 Å². The second-order valence-electron chi connectivity index (χ2n) is 2.75. The average Bonchev–Trinajstić information content (AvgIpc) is 2.41. The third-order valence-corrected chi connectivity index (χ3v) is 1.91. The highest BCUT2D eigenvalue weighted by atomic mass is 16.5. The molecule has 0 aliphatic carbocycles. The van der Waals surface area contributed by atoms with Crippen LogP contribution in [0.4, 0.5) is 0 Å². The molecule has 1 fully saturated rings. The van der Waals surface area contributed by atoms with Gasteiger partial charge in [0.2, 0.25) is 0 Å². The Bertz CT molecular complexity index is 246. The second-order valence-corrected chi connectivity index (χ2v) is 2.75. The summed E-state index contributed by atoms with van der Waals surface area (Å²) in [5.41, 5.74) is 0.450. The first-order valence-electron chi connectivity index (χ1n) is 4.07. The summed E-state index contributed by atoms with van der Waals surface area (Å²) in [6.07, 6.45) is 0.609. The van der Waals surface area contributed by atoms with Crippen LogP contribution in [-0.2, 0) is 14.3 Å². The smallest absolute Gasteiger partial charge is 0.322 e. The van der Waals surface area contributed by atoms with Crippen molar-refractivity contribution in [2.45, 2.75) is 12.5 Å². The Kier molecular flexibility index (Phi) is 3.49. The van der Waals surface area contributed by atoms with Crippen molar-refractivity contribution >= 4 is 11.9 Å². The standard InChI is InChI=1S/C8H12N2O3/c1-13-8(12)7-2-3-9-6(5-11)4-10-7/h7,9-10H,2-4H2,1H3. The van der Waals surface area contributed by atoms with Crippen molar-refractivity contribution in [2.24, 2.45) is 0 Å². The summed E-state index contributed by atoms with van der Waals surface area (Å²) in [7, 11) is 1.35. The van der Waals surface area contributed by atoms with Crippen molar-refractivity contribution in [3.63, 3.8) is 0 Å². The van der Waals surface area contributed by atoms with Crippen LogP contribution in [0.15, 0.2) is 5.70 Å². The van der Waals surface area contributed by atoms with Gasteiger partial charge >= 0.3 is 5.97 Å². The predicted octanol–water partition coefficient (Wildman–Crippen LogP) is -1.17. The maximum Gasteiger partial charge on any atom is 0.322 e. The Morgan fingerprint density at radius 1 is 1.69 bits per heavy atom. The zero-order valence-corrected chi connectivity index (χ0v) is 7.42. The van der Waals surface area contributed by atoms with Gasteiger partial charge in [-0.1, -0.05) is 0 Å². The van der Waals surface area contributed by atoms with E-state index in [2.05, 4.69) is 15.4 Å². The van der Waals surface area contributed by atoms with Crippen LogP contribution in [-0.4, -0.2) is 38.2 Å². The fraction of sp³-hybridized carbons (Fsp3) is 0.625. The molecule has 0 aromatic rings. The van der Waals surface area contributed by atoms with E-state index in [1.54, 1.807) is 5.94 Å². The molecule has 0 spiro atoms. The number of hydrogen-bond acceptors (Lipinski definition) is 5. The maximum atomic E-state index is 11.1. The van der Waals surface area contributed by atoms with Gasteiger partial charge < -0.3 is 10.1 Å². The normalized spacial score (nSPS) is 22.5. The molecular formula is C8H12N2O3. The van der Waals surface area contributed by atoms with Crippen LogP contribution in [0.3, 0.4) is 0 Å². The van der Waals surface area contributed by atoms with Gasteiger partial charge in [-0.3, -0.25) is 10.1 Å². The van der Waals surface area contributed by atoms with Gasteiger partial charge in [0.15, 0.2) is 0 Å². The van der Waals surface area contributed by atoms with E-state index in [1.807, 2.05) is 0 Å². The molecule has 0 amide bonds. The number of carbonyl (C=O) groups excluding carboxylic acids is 2. The van der Waals surface area contributed by atoms with E-state index in [-0.39, 0.29) is 12.0 Å². The van der Waals surface area contributed by atoms with Gasteiger partial charge in [0.1, 0.15) is 17.7 Å². The number of methoxy groups -OCH3 is 1. The van der Waals surface area contributed by atoms with Crippen LogP contribution in [0.25, 0.3) is 0 Å². The lowest BCUT2D eigenvalue weighted by molar-refractivity contribution is -0.143. The number of hydrogen-bond donors (Lipinski definition) is 2. The molecule has 2 N–H and O–H groups in total. The topological polar surface area (TPSA) is 67.4 Å². The molecular weight excluding hydrogens is 172 g/mol. The molecule has 5 nitrogen and oxygen atoms in total. The van der Waals surface area contributed by atoms with Crippen molar-refractivity contribution < 1.29 is 14.3 Å². The van der Waals surface area contributed by atoms with Gasteiger partial charge in [0, 0.05) is 13.1 Å². The van der Waals surface area contributed by atoms with E-state index in [4.69, 9.17) is 0 Å². The van der Waals surface area contributed by atoms with Gasteiger partial charge in [-0.25, -0.2) is 4.79 Å². The van der Waals surface area contributed by atoms with E-state index in [9.17, 15) is 9.59 Å². The van der Waals surface area contributed by atoms with E-state index in [0.717, 1.165) is 0 Å². The van der Waals surface area contributed by atoms with Crippen LogP contribution in [0.2, 0.25) is 0 Å². The third kappa shape index (κ3) is 2.57. The molecule has 72 valence electrons. The van der Waals surface area contributed by atoms with Gasteiger partial charge in [-0.05, 0) is 6.42 Å². The summed E-state index contributed by atoms with van der Waals surface area (Å²) in [5.74, 6) is 1.47. The predicted molar refractivity (Wildman–Crippen MR) is 45.6 cm³/mol. The quantitative estimate of drug-likeness (QED) is 0.397. The Labute approximate surface area is 76.1 Å². The first kappa shape index (κ1) is 9.77. The van der Waals surface area contributed by atoms with Crippen molar-refractivity contribution in [2.75, 3.05) is 20.2 Å². The molecule has 1 rings (SSSR count). The van der Waals surface area contributed by atoms with E-state index in [1.165, 1.54) is 7.11 Å². The molecule has 1 aliphatic rings. The molecule has 1 heterocycles. The Hall–Kier alpha value is -1.32. The van der Waals surface area contributed by atoms with Crippen LogP contribution in [0.1, 0.15) is 6.42 Å². The van der Waals surface area contributed by atoms with Gasteiger partial charge in [-0.15, -0.1) is 0 Å². The molecule has 0 saturated carbocycles. The van der Waals surface area contributed by atoms with E-state index >= 15 is 0 Å². The van der Waals surface area contributed by atoms with Gasteiger partial charge in [-0.2, -0.15) is 0 Å². The van der Waals surface area contributed by atoms with E-state index in [0.29, 0.717) is 25.2 Å². The van der Waals surface area contributed by atoms with Gasteiger partial charge in [0.05, 0.1) is 7.11 Å². The number of esters is 1. The van der Waals surface area contributed by atoms with Gasteiger partial charge in [0.25, 0.3) is 0 Å². The third-order valence-electron chi connectivity index (χ3n) is 1.91. The lowest BCUT2D eigenvalue weighted by Gasteiger charge is -2.10. The second kappa shape index (κ2) is 4.64. The number of ether oxygens (including phenoxy) is 1. The highest BCUT2D eigenvalue weighted by Gasteiger charge is 2.21. The molecule has 5 heteroatoms. The van der Waals surface area contributed by atoms with Crippen LogP contribution < -0.4 is 10.6 Å². The summed E-state index contributed by atoms with van der Waals surface area (Å²) in [5, 5.41) is 5.76. The highest BCUT2D eigenvalue weighted by molar-refractivity contribution is 5.75. The fourth-order valence-corrected chi connectivity index (χ4v) is 1.17. The monoisotopic (exact) mass is 184 g/mol. The fourth-order valence-electron chi connectivity index (χ4n) is 1.17. The molecule has 13 heavy (non-hydrogen) atoms. The summed E-state index contributed by atoms with van der Waals surface area (Å²) < 4.78 is 4.58. The zero-order valence-electron chi connectivity index (χ0n) is 7.42. The van der Waals surface area contributed by atoms with Crippen molar-refractivity contribution in [1.29, 1.82) is 0 Å². The average molecular weight is 184 g/mol. The summed E-state index contributed by atoms with van der Waals surface area (Å²) >= 11 is 0. The molecule has 1 atom stereocenters. The SMILES string of the molecule is COC(=O)C1CCNC(=C=O)CN1. The summed E-state index contributed by atoms with van der Waals surface area (Å²) in [4.78, 5) is 21.4.